The average molecular weight is 773 g/mol. The molecular weight excluding hydrogens is 725 g/mol. The Hall–Kier alpha value is -4.95. The predicted octanol–water partition coefficient (Wildman–Crippen LogP) is 9.91. The molecule has 0 bridgehead atoms. The fraction of sp³-hybridized carbons (Fsp3) is 0.283. The van der Waals surface area contributed by atoms with Crippen molar-refractivity contribution < 1.29 is 9.90 Å². The van der Waals surface area contributed by atoms with Crippen LogP contribution >= 0.6 is 23.2 Å². The van der Waals surface area contributed by atoms with Crippen LogP contribution in [0.15, 0.2) is 97.1 Å². The summed E-state index contributed by atoms with van der Waals surface area (Å²) in [5.74, 6) is 0.840. The fourth-order valence-electron chi connectivity index (χ4n) is 6.57. The quantitative estimate of drug-likeness (QED) is 0.121. The third-order valence-corrected chi connectivity index (χ3v) is 10.9. The van der Waals surface area contributed by atoms with Crippen molar-refractivity contribution in [1.82, 2.24) is 19.9 Å². The van der Waals surface area contributed by atoms with E-state index in [1.54, 1.807) is 0 Å². The maximum absolute atomic E-state index is 12.0. The average Bonchev–Trinajstić information content (AvgIpc) is 3.18. The molecule has 0 unspecified atom stereocenters. The van der Waals surface area contributed by atoms with Crippen LogP contribution in [0.1, 0.15) is 86.6 Å². The van der Waals surface area contributed by atoms with Gasteiger partial charge in [0, 0.05) is 61.9 Å². The van der Waals surface area contributed by atoms with Gasteiger partial charge >= 0.3 is 0 Å². The van der Waals surface area contributed by atoms with E-state index in [1.165, 1.54) is 0 Å². The van der Waals surface area contributed by atoms with Gasteiger partial charge in [-0.25, -0.2) is 19.9 Å². The van der Waals surface area contributed by atoms with Crippen molar-refractivity contribution in [2.24, 2.45) is 5.73 Å². The second-order valence-corrected chi connectivity index (χ2v) is 16.0. The van der Waals surface area contributed by atoms with Crippen molar-refractivity contribution in [3.8, 4) is 33.9 Å². The molecule has 0 aliphatic carbocycles. The number of halogens is 2. The second-order valence-electron chi connectivity index (χ2n) is 15.2. The van der Waals surface area contributed by atoms with Crippen LogP contribution in [-0.2, 0) is 41.3 Å². The summed E-state index contributed by atoms with van der Waals surface area (Å²) < 4.78 is 0. The lowest BCUT2D eigenvalue weighted by Gasteiger charge is -2.22. The van der Waals surface area contributed by atoms with Gasteiger partial charge in [-0.2, -0.15) is 0 Å². The van der Waals surface area contributed by atoms with Gasteiger partial charge in [-0.3, -0.25) is 4.79 Å². The number of nitrogens with two attached hydrogens (primary N) is 1. The van der Waals surface area contributed by atoms with Gasteiger partial charge in [0.25, 0.3) is 0 Å². The number of carbonyl (C=O) groups is 1. The molecule has 55 heavy (non-hydrogen) atoms. The summed E-state index contributed by atoms with van der Waals surface area (Å²) in [4.78, 5) is 32.1. The van der Waals surface area contributed by atoms with Crippen molar-refractivity contribution in [1.29, 1.82) is 0 Å². The Bertz CT molecular complexity index is 2340. The SMILES string of the molecule is CCc1cc(Cc2ccc(C(C)(C)C(N)=O)cc2)nc(-c2ccc(-c3c(CC)nc(-c4cccc(Cl)c4)nc3Cc3ccc(C(C)(C)CO)cc3)c(Cl)c2)n1. The van der Waals surface area contributed by atoms with E-state index < -0.39 is 5.41 Å². The predicted molar refractivity (Wildman–Crippen MR) is 224 cm³/mol. The number of aliphatic hydroxyl groups is 1. The summed E-state index contributed by atoms with van der Waals surface area (Å²) in [5, 5.41) is 11.1. The van der Waals surface area contributed by atoms with Crippen molar-refractivity contribution >= 4 is 29.1 Å². The van der Waals surface area contributed by atoms with Crippen LogP contribution in [0, 0.1) is 0 Å². The maximum atomic E-state index is 12.0. The van der Waals surface area contributed by atoms with Gasteiger partial charge in [-0.1, -0.05) is 124 Å². The smallest absolute Gasteiger partial charge is 0.227 e. The molecule has 2 aromatic heterocycles. The van der Waals surface area contributed by atoms with Gasteiger partial charge < -0.3 is 10.8 Å². The molecule has 3 N–H and O–H groups in total. The molecule has 1 amide bonds. The van der Waals surface area contributed by atoms with Crippen LogP contribution in [-0.4, -0.2) is 37.6 Å². The van der Waals surface area contributed by atoms with E-state index in [2.05, 4.69) is 38.1 Å². The van der Waals surface area contributed by atoms with E-state index in [4.69, 9.17) is 48.9 Å². The van der Waals surface area contributed by atoms with E-state index in [0.29, 0.717) is 41.0 Å². The number of hydrogen-bond acceptors (Lipinski definition) is 6. The van der Waals surface area contributed by atoms with Crippen molar-refractivity contribution in [2.45, 2.75) is 78.1 Å². The minimum absolute atomic E-state index is 0.0565. The Morgan fingerprint density at radius 1 is 0.673 bits per heavy atom. The molecule has 0 saturated heterocycles. The van der Waals surface area contributed by atoms with Gasteiger partial charge in [0.2, 0.25) is 5.91 Å². The lowest BCUT2D eigenvalue weighted by Crippen LogP contribution is -2.35. The summed E-state index contributed by atoms with van der Waals surface area (Å²) >= 11 is 13.6. The maximum Gasteiger partial charge on any atom is 0.227 e. The number of aliphatic hydroxyl groups excluding tert-OH is 1. The highest BCUT2D eigenvalue weighted by Crippen LogP contribution is 2.37. The Morgan fingerprint density at radius 2 is 1.27 bits per heavy atom. The first-order valence-corrected chi connectivity index (χ1v) is 19.4. The number of nitrogens with zero attached hydrogens (tertiary/aromatic N) is 4. The van der Waals surface area contributed by atoms with Gasteiger partial charge in [0.05, 0.1) is 23.4 Å². The van der Waals surface area contributed by atoms with E-state index in [-0.39, 0.29) is 17.9 Å². The summed E-state index contributed by atoms with van der Waals surface area (Å²) in [6, 6.07) is 31.9. The van der Waals surface area contributed by atoms with E-state index in [9.17, 15) is 9.90 Å². The number of aromatic nitrogens is 4. The van der Waals surface area contributed by atoms with Gasteiger partial charge in [0.1, 0.15) is 0 Å². The normalized spacial score (nSPS) is 11.9. The highest BCUT2D eigenvalue weighted by atomic mass is 35.5. The molecule has 6 rings (SSSR count). The number of primary amides is 1. The Balaban J connectivity index is 1.38. The number of hydrogen-bond donors (Lipinski definition) is 2. The molecule has 6 aromatic rings. The summed E-state index contributed by atoms with van der Waals surface area (Å²) in [5.41, 5.74) is 15.5. The number of benzene rings is 4. The molecule has 0 aliphatic heterocycles. The van der Waals surface area contributed by atoms with E-state index >= 15 is 0 Å². The van der Waals surface area contributed by atoms with Crippen LogP contribution in [0.3, 0.4) is 0 Å². The van der Waals surface area contributed by atoms with Gasteiger partial charge in [0.15, 0.2) is 11.6 Å². The summed E-state index contributed by atoms with van der Waals surface area (Å²) in [6.45, 7) is 11.9. The number of amides is 1. The molecule has 0 fully saturated rings. The first kappa shape index (κ1) is 39.7. The number of carbonyl (C=O) groups excluding carboxylic acids is 1. The molecule has 4 aromatic carbocycles. The summed E-state index contributed by atoms with van der Waals surface area (Å²) in [7, 11) is 0. The lowest BCUT2D eigenvalue weighted by molar-refractivity contribution is -0.122. The monoisotopic (exact) mass is 771 g/mol. The molecule has 0 spiro atoms. The highest BCUT2D eigenvalue weighted by molar-refractivity contribution is 6.33. The minimum Gasteiger partial charge on any atom is -0.395 e. The molecule has 0 atom stereocenters. The standard InChI is InChI=1S/C46H47Cl2N5O2/c1-7-35-26-36(22-28-14-19-33(20-15-28)46(5,6)44(49)55)51-42(50-35)31-16-21-37(38(48)25-31)41-39(8-2)52-43(30-10-9-11-34(47)24-30)53-40(41)23-29-12-17-32(18-13-29)45(3,4)27-54/h9-21,24-26,54H,7-8,22-23,27H2,1-6H3,(H2,49,55). The lowest BCUT2D eigenvalue weighted by atomic mass is 9.83. The molecule has 2 heterocycles. The molecule has 7 nitrogen and oxygen atoms in total. The Morgan fingerprint density at radius 3 is 1.87 bits per heavy atom. The first-order valence-electron chi connectivity index (χ1n) is 18.6. The highest BCUT2D eigenvalue weighted by Gasteiger charge is 2.27. The number of aryl methyl sites for hydroxylation is 2. The zero-order valence-corrected chi connectivity index (χ0v) is 33.8. The van der Waals surface area contributed by atoms with Crippen molar-refractivity contribution in [3.05, 3.63) is 152 Å². The molecule has 282 valence electrons. The third-order valence-electron chi connectivity index (χ3n) is 10.3. The van der Waals surface area contributed by atoms with Crippen LogP contribution in [0.5, 0.6) is 0 Å². The first-order chi connectivity index (χ1) is 26.2. The van der Waals surface area contributed by atoms with Crippen LogP contribution < -0.4 is 5.73 Å². The van der Waals surface area contributed by atoms with Crippen molar-refractivity contribution in [2.75, 3.05) is 6.61 Å². The van der Waals surface area contributed by atoms with Gasteiger partial charge in [-0.15, -0.1) is 0 Å². The zero-order chi connectivity index (χ0) is 39.5. The molecule has 0 radical (unpaired) electrons. The topological polar surface area (TPSA) is 115 Å². The second kappa shape index (κ2) is 16.4. The van der Waals surface area contributed by atoms with Crippen molar-refractivity contribution in [3.63, 3.8) is 0 Å². The summed E-state index contributed by atoms with van der Waals surface area (Å²) in [6.07, 6.45) is 2.55. The fourth-order valence-corrected chi connectivity index (χ4v) is 7.04. The van der Waals surface area contributed by atoms with Crippen LogP contribution in [0.2, 0.25) is 10.0 Å². The third kappa shape index (κ3) is 8.80. The Labute approximate surface area is 334 Å². The van der Waals surface area contributed by atoms with Crippen LogP contribution in [0.25, 0.3) is 33.9 Å². The zero-order valence-electron chi connectivity index (χ0n) is 32.3. The largest absolute Gasteiger partial charge is 0.395 e. The molecule has 0 aliphatic rings. The Kier molecular flexibility index (Phi) is 11.9. The minimum atomic E-state index is -0.756. The molecule has 9 heteroatoms. The van der Waals surface area contributed by atoms with Crippen LogP contribution in [0.4, 0.5) is 0 Å². The van der Waals surface area contributed by atoms with E-state index in [1.807, 2.05) is 100 Å². The number of rotatable bonds is 13. The van der Waals surface area contributed by atoms with Gasteiger partial charge in [-0.05, 0) is 73.2 Å². The molecular formula is C46H47Cl2N5O2. The van der Waals surface area contributed by atoms with E-state index in [0.717, 1.165) is 73.7 Å². The molecule has 0 saturated carbocycles.